The maximum Gasteiger partial charge on any atom is 0.254 e. The van der Waals surface area contributed by atoms with Crippen molar-refractivity contribution in [2.24, 2.45) is 0 Å². The maximum atomic E-state index is 12.8. The molecular formula is C23H17ClN4OS. The van der Waals surface area contributed by atoms with Crippen molar-refractivity contribution >= 4 is 33.8 Å². The summed E-state index contributed by atoms with van der Waals surface area (Å²) in [6, 6.07) is 18.7. The van der Waals surface area contributed by atoms with Crippen molar-refractivity contribution in [2.75, 3.05) is 11.9 Å². The van der Waals surface area contributed by atoms with E-state index in [9.17, 15) is 10.1 Å². The number of hydrogen-bond donors (Lipinski definition) is 1. The van der Waals surface area contributed by atoms with Crippen LogP contribution in [-0.4, -0.2) is 17.4 Å². The number of nitriles is 2. The Morgan fingerprint density at radius 2 is 1.83 bits per heavy atom. The lowest BCUT2D eigenvalue weighted by Gasteiger charge is -2.27. The Labute approximate surface area is 183 Å². The zero-order chi connectivity index (χ0) is 21.1. The van der Waals surface area contributed by atoms with Gasteiger partial charge in [-0.15, -0.1) is 11.3 Å². The fourth-order valence-corrected chi connectivity index (χ4v) is 4.81. The van der Waals surface area contributed by atoms with Crippen LogP contribution in [-0.2, 0) is 19.5 Å². The Morgan fingerprint density at radius 3 is 2.50 bits per heavy atom. The highest BCUT2D eigenvalue weighted by Crippen LogP contribution is 2.37. The monoisotopic (exact) mass is 432 g/mol. The topological polar surface area (TPSA) is 79.9 Å². The summed E-state index contributed by atoms with van der Waals surface area (Å²) in [4.78, 5) is 15.7. The summed E-state index contributed by atoms with van der Waals surface area (Å²) >= 11 is 7.45. The van der Waals surface area contributed by atoms with Gasteiger partial charge in [0.2, 0.25) is 0 Å². The summed E-state index contributed by atoms with van der Waals surface area (Å²) in [6.07, 6.45) is 0.659. The van der Waals surface area contributed by atoms with Gasteiger partial charge in [0.15, 0.2) is 0 Å². The van der Waals surface area contributed by atoms with Crippen molar-refractivity contribution in [3.05, 3.63) is 86.2 Å². The van der Waals surface area contributed by atoms with E-state index in [1.807, 2.05) is 17.0 Å². The summed E-state index contributed by atoms with van der Waals surface area (Å²) in [7, 11) is 0. The molecule has 3 aromatic rings. The third-order valence-electron chi connectivity index (χ3n) is 5.08. The van der Waals surface area contributed by atoms with E-state index < -0.39 is 0 Å². The normalized spacial score (nSPS) is 12.6. The van der Waals surface area contributed by atoms with Gasteiger partial charge in [-0.25, -0.2) is 0 Å². The third kappa shape index (κ3) is 4.02. The number of fused-ring (bicyclic) bond motifs is 1. The molecule has 1 amide bonds. The third-order valence-corrected chi connectivity index (χ3v) is 6.51. The second kappa shape index (κ2) is 8.59. The molecule has 4 rings (SSSR count). The zero-order valence-corrected chi connectivity index (χ0v) is 17.6. The van der Waals surface area contributed by atoms with Crippen LogP contribution in [0, 0.1) is 22.7 Å². The maximum absolute atomic E-state index is 12.8. The molecule has 148 valence electrons. The molecule has 0 bridgehead atoms. The lowest BCUT2D eigenvalue weighted by Crippen LogP contribution is -2.35. The predicted octanol–water partition coefficient (Wildman–Crippen LogP) is 4.96. The standard InChI is InChI=1S/C23H17ClN4OS/c24-18-7-5-17(6-8-18)23(29)28-10-9-19-20(12-26)22(30-21(19)14-28)27-13-16-3-1-15(11-25)2-4-16/h1-8,27H,9-10,13-14H2. The molecule has 0 saturated carbocycles. The summed E-state index contributed by atoms with van der Waals surface area (Å²) in [5.74, 6) is -0.0312. The van der Waals surface area contributed by atoms with Crippen LogP contribution < -0.4 is 5.32 Å². The first-order valence-corrected chi connectivity index (χ1v) is 10.6. The summed E-state index contributed by atoms with van der Waals surface area (Å²) < 4.78 is 0. The van der Waals surface area contributed by atoms with Crippen molar-refractivity contribution < 1.29 is 4.79 Å². The van der Waals surface area contributed by atoms with Gasteiger partial charge in [-0.3, -0.25) is 4.79 Å². The molecule has 30 heavy (non-hydrogen) atoms. The predicted molar refractivity (Wildman–Crippen MR) is 117 cm³/mol. The van der Waals surface area contributed by atoms with E-state index in [1.165, 1.54) is 11.3 Å². The van der Waals surface area contributed by atoms with Gasteiger partial charge in [0.25, 0.3) is 5.91 Å². The number of nitrogens with one attached hydrogen (secondary N) is 1. The van der Waals surface area contributed by atoms with Crippen molar-refractivity contribution in [3.8, 4) is 12.1 Å². The Morgan fingerprint density at radius 1 is 1.10 bits per heavy atom. The number of amides is 1. The zero-order valence-electron chi connectivity index (χ0n) is 16.0. The number of nitrogens with zero attached hydrogens (tertiary/aromatic N) is 3. The molecule has 2 heterocycles. The number of carbonyl (C=O) groups excluding carboxylic acids is 1. The Kier molecular flexibility index (Phi) is 5.72. The molecule has 2 aromatic carbocycles. The number of thiophene rings is 1. The number of halogens is 1. The highest BCUT2D eigenvalue weighted by Gasteiger charge is 2.27. The minimum Gasteiger partial charge on any atom is -0.372 e. The van der Waals surface area contributed by atoms with Crippen molar-refractivity contribution in [1.29, 1.82) is 10.5 Å². The highest BCUT2D eigenvalue weighted by atomic mass is 35.5. The molecule has 0 radical (unpaired) electrons. The van der Waals surface area contributed by atoms with E-state index in [-0.39, 0.29) is 5.91 Å². The molecule has 1 aromatic heterocycles. The molecule has 0 aliphatic carbocycles. The van der Waals surface area contributed by atoms with Gasteiger partial charge in [-0.05, 0) is 53.9 Å². The number of anilines is 1. The molecule has 5 nitrogen and oxygen atoms in total. The van der Waals surface area contributed by atoms with Crippen LogP contribution in [0.5, 0.6) is 0 Å². The molecule has 1 N–H and O–H groups in total. The Hall–Kier alpha value is -3.32. The lowest BCUT2D eigenvalue weighted by molar-refractivity contribution is 0.0737. The SMILES string of the molecule is N#Cc1ccc(CNc2sc3c(c2C#N)CCN(C(=O)c2ccc(Cl)cc2)C3)cc1. The van der Waals surface area contributed by atoms with Crippen LogP contribution in [0.3, 0.4) is 0 Å². The minimum atomic E-state index is -0.0312. The molecule has 1 aliphatic heterocycles. The summed E-state index contributed by atoms with van der Waals surface area (Å²) in [5.41, 5.74) is 3.96. The van der Waals surface area contributed by atoms with Crippen LogP contribution in [0.1, 0.15) is 37.5 Å². The van der Waals surface area contributed by atoms with Gasteiger partial charge < -0.3 is 10.2 Å². The first kappa shape index (κ1) is 20.0. The highest BCUT2D eigenvalue weighted by molar-refractivity contribution is 7.16. The van der Waals surface area contributed by atoms with Crippen LogP contribution in [0.2, 0.25) is 5.02 Å². The largest absolute Gasteiger partial charge is 0.372 e. The molecule has 0 saturated heterocycles. The molecule has 1 aliphatic rings. The fraction of sp³-hybridized carbons (Fsp3) is 0.174. The van der Waals surface area contributed by atoms with Crippen LogP contribution in [0.25, 0.3) is 0 Å². The van der Waals surface area contributed by atoms with Crippen molar-refractivity contribution in [2.45, 2.75) is 19.5 Å². The second-order valence-corrected chi connectivity index (χ2v) is 8.51. The van der Waals surface area contributed by atoms with E-state index in [0.29, 0.717) is 47.8 Å². The van der Waals surface area contributed by atoms with Crippen LogP contribution in [0.15, 0.2) is 48.5 Å². The second-order valence-electron chi connectivity index (χ2n) is 6.97. The van der Waals surface area contributed by atoms with Gasteiger partial charge >= 0.3 is 0 Å². The molecule has 0 atom stereocenters. The van der Waals surface area contributed by atoms with Gasteiger partial charge in [0.05, 0.1) is 23.7 Å². The van der Waals surface area contributed by atoms with E-state index in [2.05, 4.69) is 17.5 Å². The smallest absolute Gasteiger partial charge is 0.254 e. The van der Waals surface area contributed by atoms with Crippen molar-refractivity contribution in [3.63, 3.8) is 0 Å². The molecule has 0 unspecified atom stereocenters. The molecule has 0 spiro atoms. The molecule has 0 fully saturated rings. The average molecular weight is 433 g/mol. The van der Waals surface area contributed by atoms with Crippen LogP contribution in [0.4, 0.5) is 5.00 Å². The van der Waals surface area contributed by atoms with Gasteiger partial charge in [0.1, 0.15) is 11.1 Å². The summed E-state index contributed by atoms with van der Waals surface area (Å²) in [5, 5.41) is 23.4. The Bertz CT molecular complexity index is 1170. The first-order chi connectivity index (χ1) is 14.6. The molecule has 7 heteroatoms. The number of benzene rings is 2. The number of rotatable bonds is 4. The average Bonchev–Trinajstić information content (AvgIpc) is 3.14. The van der Waals surface area contributed by atoms with E-state index in [4.69, 9.17) is 16.9 Å². The summed E-state index contributed by atoms with van der Waals surface area (Å²) in [6.45, 7) is 1.64. The Balaban J connectivity index is 1.50. The van der Waals surface area contributed by atoms with Gasteiger partial charge in [0, 0.05) is 28.6 Å². The molecular weight excluding hydrogens is 416 g/mol. The minimum absolute atomic E-state index is 0.0312. The van der Waals surface area contributed by atoms with Gasteiger partial charge in [-0.2, -0.15) is 10.5 Å². The number of carbonyl (C=O) groups is 1. The fourth-order valence-electron chi connectivity index (χ4n) is 3.47. The van der Waals surface area contributed by atoms with E-state index in [0.717, 1.165) is 21.0 Å². The first-order valence-electron chi connectivity index (χ1n) is 9.41. The van der Waals surface area contributed by atoms with E-state index in [1.54, 1.807) is 36.4 Å². The van der Waals surface area contributed by atoms with Crippen molar-refractivity contribution in [1.82, 2.24) is 4.90 Å². The lowest BCUT2D eigenvalue weighted by atomic mass is 10.0. The number of hydrogen-bond acceptors (Lipinski definition) is 5. The van der Waals surface area contributed by atoms with Gasteiger partial charge in [-0.1, -0.05) is 23.7 Å². The quantitative estimate of drug-likeness (QED) is 0.632. The van der Waals surface area contributed by atoms with Crippen LogP contribution >= 0.6 is 22.9 Å². The van der Waals surface area contributed by atoms with E-state index >= 15 is 0 Å².